The lowest BCUT2D eigenvalue weighted by molar-refractivity contribution is 0.571. The third-order valence-corrected chi connectivity index (χ3v) is 3.39. The van der Waals surface area contributed by atoms with Crippen molar-refractivity contribution in [2.45, 2.75) is 25.9 Å². The number of hydrogen-bond donors (Lipinski definition) is 1. The van der Waals surface area contributed by atoms with E-state index in [4.69, 9.17) is 28.9 Å². The van der Waals surface area contributed by atoms with Crippen LogP contribution in [0.25, 0.3) is 0 Å². The molecule has 5 heteroatoms. The van der Waals surface area contributed by atoms with Crippen molar-refractivity contribution in [2.75, 3.05) is 0 Å². The summed E-state index contributed by atoms with van der Waals surface area (Å²) in [7, 11) is 0. The van der Waals surface area contributed by atoms with E-state index in [2.05, 4.69) is 4.98 Å². The number of halogens is 2. The topological polar surface area (TPSA) is 43.8 Å². The second kappa shape index (κ2) is 4.62. The van der Waals surface area contributed by atoms with E-state index in [-0.39, 0.29) is 6.04 Å². The van der Waals surface area contributed by atoms with Crippen LogP contribution >= 0.6 is 23.2 Å². The van der Waals surface area contributed by atoms with Gasteiger partial charge in [0.1, 0.15) is 0 Å². The molecule has 86 valence electrons. The largest absolute Gasteiger partial charge is 0.325 e. The SMILES string of the molecule is Cc1ncn(C2CC=C(Cl)C=C2Cl)c1CN. The Morgan fingerprint density at radius 3 is 2.94 bits per heavy atom. The molecule has 3 nitrogen and oxygen atoms in total. The van der Waals surface area contributed by atoms with Gasteiger partial charge in [0.2, 0.25) is 0 Å². The van der Waals surface area contributed by atoms with Crippen molar-refractivity contribution in [1.29, 1.82) is 0 Å². The van der Waals surface area contributed by atoms with Crippen molar-refractivity contribution in [3.63, 3.8) is 0 Å². The summed E-state index contributed by atoms with van der Waals surface area (Å²) in [5.41, 5.74) is 7.68. The molecule has 0 fully saturated rings. The van der Waals surface area contributed by atoms with Gasteiger partial charge >= 0.3 is 0 Å². The quantitative estimate of drug-likeness (QED) is 0.886. The second-order valence-corrected chi connectivity index (χ2v) is 4.63. The van der Waals surface area contributed by atoms with Crippen LogP contribution in [0.1, 0.15) is 23.9 Å². The maximum absolute atomic E-state index is 6.20. The van der Waals surface area contributed by atoms with Gasteiger partial charge in [-0.3, -0.25) is 0 Å². The summed E-state index contributed by atoms with van der Waals surface area (Å²) in [6.07, 6.45) is 6.28. The van der Waals surface area contributed by atoms with Crippen LogP contribution in [-0.2, 0) is 6.54 Å². The molecule has 0 saturated heterocycles. The van der Waals surface area contributed by atoms with Crippen LogP contribution in [0.2, 0.25) is 0 Å². The average Bonchev–Trinajstić information content (AvgIpc) is 2.59. The lowest BCUT2D eigenvalue weighted by atomic mass is 10.1. The molecule has 1 aromatic heterocycles. The fraction of sp³-hybridized carbons (Fsp3) is 0.364. The van der Waals surface area contributed by atoms with Gasteiger partial charge in [0.05, 0.1) is 23.8 Å². The predicted octanol–water partition coefficient (Wildman–Crippen LogP) is 2.84. The van der Waals surface area contributed by atoms with Gasteiger partial charge in [0, 0.05) is 16.6 Å². The van der Waals surface area contributed by atoms with Gasteiger partial charge in [-0.1, -0.05) is 29.3 Å². The van der Waals surface area contributed by atoms with Crippen LogP contribution in [0.4, 0.5) is 0 Å². The Hall–Kier alpha value is -0.770. The summed E-state index contributed by atoms with van der Waals surface area (Å²) in [4.78, 5) is 4.26. The molecule has 0 amide bonds. The van der Waals surface area contributed by atoms with Gasteiger partial charge in [-0.05, 0) is 19.4 Å². The summed E-state index contributed by atoms with van der Waals surface area (Å²) in [6.45, 7) is 2.41. The minimum Gasteiger partial charge on any atom is -0.325 e. The fourth-order valence-electron chi connectivity index (χ4n) is 1.87. The Bertz CT molecular complexity index is 460. The van der Waals surface area contributed by atoms with E-state index in [1.165, 1.54) is 0 Å². The Kier molecular flexibility index (Phi) is 3.38. The molecule has 0 saturated carbocycles. The highest BCUT2D eigenvalue weighted by Crippen LogP contribution is 2.33. The molecule has 2 rings (SSSR count). The number of hydrogen-bond acceptors (Lipinski definition) is 2. The third kappa shape index (κ3) is 2.03. The summed E-state index contributed by atoms with van der Waals surface area (Å²) < 4.78 is 2.02. The number of aromatic nitrogens is 2. The van der Waals surface area contributed by atoms with Crippen LogP contribution in [0.3, 0.4) is 0 Å². The Balaban J connectivity index is 2.36. The van der Waals surface area contributed by atoms with Gasteiger partial charge in [0.15, 0.2) is 0 Å². The first-order valence-electron chi connectivity index (χ1n) is 5.08. The smallest absolute Gasteiger partial charge is 0.0958 e. The van der Waals surface area contributed by atoms with E-state index in [0.29, 0.717) is 11.6 Å². The second-order valence-electron chi connectivity index (χ2n) is 3.76. The first-order chi connectivity index (χ1) is 7.63. The zero-order valence-electron chi connectivity index (χ0n) is 8.95. The standard InChI is InChI=1S/C11H13Cl2N3/c1-7-11(5-14)16(6-15-7)10-3-2-8(12)4-9(10)13/h2,4,6,10H,3,5,14H2,1H3. The van der Waals surface area contributed by atoms with Crippen molar-refractivity contribution in [3.8, 4) is 0 Å². The average molecular weight is 258 g/mol. The number of allylic oxidation sites excluding steroid dienone is 4. The normalized spacial score (nSPS) is 20.6. The monoisotopic (exact) mass is 257 g/mol. The van der Waals surface area contributed by atoms with Crippen molar-refractivity contribution < 1.29 is 0 Å². The number of rotatable bonds is 2. The van der Waals surface area contributed by atoms with Crippen LogP contribution in [-0.4, -0.2) is 9.55 Å². The highest BCUT2D eigenvalue weighted by atomic mass is 35.5. The van der Waals surface area contributed by atoms with E-state index in [1.807, 2.05) is 17.6 Å². The summed E-state index contributed by atoms with van der Waals surface area (Å²) in [5, 5.41) is 1.41. The van der Waals surface area contributed by atoms with E-state index in [0.717, 1.165) is 22.8 Å². The Morgan fingerprint density at radius 1 is 1.56 bits per heavy atom. The number of nitrogens with zero attached hydrogens (tertiary/aromatic N) is 2. The molecule has 1 unspecified atom stereocenters. The van der Waals surface area contributed by atoms with Gasteiger partial charge in [-0.25, -0.2) is 4.98 Å². The first kappa shape index (κ1) is 11.7. The molecule has 1 aromatic rings. The number of nitrogens with two attached hydrogens (primary N) is 1. The molecule has 0 aromatic carbocycles. The molecule has 1 aliphatic carbocycles. The zero-order chi connectivity index (χ0) is 11.7. The maximum atomic E-state index is 6.20. The first-order valence-corrected chi connectivity index (χ1v) is 5.84. The molecular formula is C11H13Cl2N3. The molecule has 0 aliphatic heterocycles. The zero-order valence-corrected chi connectivity index (χ0v) is 10.5. The number of aryl methyl sites for hydroxylation is 1. The van der Waals surface area contributed by atoms with Crippen molar-refractivity contribution >= 4 is 23.2 Å². The van der Waals surface area contributed by atoms with Crippen LogP contribution in [0.5, 0.6) is 0 Å². The van der Waals surface area contributed by atoms with E-state index in [9.17, 15) is 0 Å². The summed E-state index contributed by atoms with van der Waals surface area (Å²) >= 11 is 12.1. The predicted molar refractivity (Wildman–Crippen MR) is 66.4 cm³/mol. The van der Waals surface area contributed by atoms with Crippen molar-refractivity contribution in [1.82, 2.24) is 9.55 Å². The summed E-state index contributed by atoms with van der Waals surface area (Å²) in [5.74, 6) is 0. The van der Waals surface area contributed by atoms with E-state index in [1.54, 1.807) is 12.4 Å². The van der Waals surface area contributed by atoms with Gasteiger partial charge in [-0.2, -0.15) is 0 Å². The van der Waals surface area contributed by atoms with Gasteiger partial charge < -0.3 is 10.3 Å². The molecule has 16 heavy (non-hydrogen) atoms. The van der Waals surface area contributed by atoms with E-state index < -0.39 is 0 Å². The van der Waals surface area contributed by atoms with Crippen molar-refractivity contribution in [2.24, 2.45) is 5.73 Å². The minimum atomic E-state index is 0.0731. The molecule has 0 bridgehead atoms. The third-order valence-electron chi connectivity index (χ3n) is 2.76. The molecule has 0 radical (unpaired) electrons. The van der Waals surface area contributed by atoms with E-state index >= 15 is 0 Å². The molecule has 2 N–H and O–H groups in total. The molecule has 1 heterocycles. The van der Waals surface area contributed by atoms with Gasteiger partial charge in [0.25, 0.3) is 0 Å². The van der Waals surface area contributed by atoms with Crippen LogP contribution < -0.4 is 5.73 Å². The Morgan fingerprint density at radius 2 is 2.31 bits per heavy atom. The number of imidazole rings is 1. The highest BCUT2D eigenvalue weighted by Gasteiger charge is 2.20. The minimum absolute atomic E-state index is 0.0731. The van der Waals surface area contributed by atoms with Crippen molar-refractivity contribution in [3.05, 3.63) is 39.9 Å². The molecular weight excluding hydrogens is 245 g/mol. The maximum Gasteiger partial charge on any atom is 0.0958 e. The highest BCUT2D eigenvalue weighted by molar-refractivity contribution is 6.35. The Labute approximate surface area is 105 Å². The lowest BCUT2D eigenvalue weighted by Gasteiger charge is -2.21. The molecule has 0 spiro atoms. The summed E-state index contributed by atoms with van der Waals surface area (Å²) in [6, 6.07) is 0.0731. The molecule has 1 atom stereocenters. The fourth-order valence-corrected chi connectivity index (χ4v) is 2.45. The molecule has 1 aliphatic rings. The van der Waals surface area contributed by atoms with Crippen LogP contribution in [0.15, 0.2) is 28.5 Å². The van der Waals surface area contributed by atoms with Gasteiger partial charge in [-0.15, -0.1) is 0 Å². The lowest BCUT2D eigenvalue weighted by Crippen LogP contribution is -2.15. The van der Waals surface area contributed by atoms with Crippen LogP contribution in [0, 0.1) is 6.92 Å².